The Morgan fingerprint density at radius 2 is 2.04 bits per heavy atom. The van der Waals surface area contributed by atoms with Crippen LogP contribution in [0, 0.1) is 0 Å². The second kappa shape index (κ2) is 9.05. The van der Waals surface area contributed by atoms with E-state index in [1.165, 1.54) is 7.11 Å². The van der Waals surface area contributed by atoms with E-state index in [1.807, 2.05) is 0 Å². The monoisotopic (exact) mass is 458 g/mol. The highest BCUT2D eigenvalue weighted by atomic mass is 79.9. The van der Waals surface area contributed by atoms with Crippen molar-refractivity contribution in [3.8, 4) is 11.5 Å². The van der Waals surface area contributed by atoms with Crippen LogP contribution in [0.4, 0.5) is 0 Å². The summed E-state index contributed by atoms with van der Waals surface area (Å²) in [5.74, 6) is -0.998. The third-order valence-corrected chi connectivity index (χ3v) is 4.49. The molecule has 8 nitrogen and oxygen atoms in total. The van der Waals surface area contributed by atoms with Crippen molar-refractivity contribution in [3.05, 3.63) is 33.4 Å². The molecule has 1 aliphatic rings. The molecule has 3 N–H and O–H groups in total. The van der Waals surface area contributed by atoms with Crippen LogP contribution >= 0.6 is 28.1 Å². The molecule has 2 rings (SSSR count). The Hall–Kier alpha value is -2.33. The summed E-state index contributed by atoms with van der Waals surface area (Å²) in [5.41, 5.74) is 1.62. The molecule has 1 heterocycles. The Balaban J connectivity index is 2.53. The van der Waals surface area contributed by atoms with Crippen LogP contribution in [0.5, 0.6) is 11.5 Å². The number of rotatable bonds is 7. The average Bonchev–Trinajstić information content (AvgIpc) is 2.59. The largest absolute Gasteiger partial charge is 0.490 e. The van der Waals surface area contributed by atoms with Gasteiger partial charge in [-0.25, -0.2) is 9.59 Å². The second-order valence-electron chi connectivity index (χ2n) is 5.51. The third kappa shape index (κ3) is 4.89. The summed E-state index contributed by atoms with van der Waals surface area (Å²) in [6.45, 7) is 3.36. The number of hydrogen-bond acceptors (Lipinski definition) is 6. The first-order chi connectivity index (χ1) is 12.8. The number of aliphatic carboxylic acids is 1. The standard InChI is InChI=1S/C17H19BrN2O6S/c1-4-25-11-6-9(5-10(18)15(11)26-7-12(21)22)14-13(16(23)24-3)8(2)19-17(27)20-14/h5-6,14H,4,7H2,1-3H3,(H,21,22)(H2,19,20,27). The number of carboxylic acid groups (broad SMARTS) is 1. The third-order valence-electron chi connectivity index (χ3n) is 3.68. The maximum absolute atomic E-state index is 12.3. The van der Waals surface area contributed by atoms with Crippen LogP contribution in [0.15, 0.2) is 27.9 Å². The first-order valence-corrected chi connectivity index (χ1v) is 9.16. The zero-order valence-electron chi connectivity index (χ0n) is 14.9. The molecule has 0 spiro atoms. The quantitative estimate of drug-likeness (QED) is 0.418. The molecule has 0 aromatic heterocycles. The highest BCUT2D eigenvalue weighted by Crippen LogP contribution is 2.40. The van der Waals surface area contributed by atoms with Gasteiger partial charge >= 0.3 is 11.9 Å². The number of esters is 1. The van der Waals surface area contributed by atoms with Crippen molar-refractivity contribution in [3.63, 3.8) is 0 Å². The molecule has 1 aliphatic heterocycles. The number of ether oxygens (including phenoxy) is 3. The van der Waals surface area contributed by atoms with Gasteiger partial charge in [0.05, 0.1) is 29.8 Å². The van der Waals surface area contributed by atoms with Crippen molar-refractivity contribution in [1.29, 1.82) is 0 Å². The maximum Gasteiger partial charge on any atom is 0.341 e. The molecule has 146 valence electrons. The van der Waals surface area contributed by atoms with Crippen LogP contribution < -0.4 is 20.1 Å². The van der Waals surface area contributed by atoms with Gasteiger partial charge < -0.3 is 30.0 Å². The Morgan fingerprint density at radius 1 is 1.33 bits per heavy atom. The van der Waals surface area contributed by atoms with Gasteiger partial charge in [-0.05, 0) is 59.7 Å². The molecular formula is C17H19BrN2O6S. The van der Waals surface area contributed by atoms with Crippen molar-refractivity contribution in [2.45, 2.75) is 19.9 Å². The summed E-state index contributed by atoms with van der Waals surface area (Å²) in [4.78, 5) is 23.1. The average molecular weight is 459 g/mol. The molecule has 1 unspecified atom stereocenters. The number of methoxy groups -OCH3 is 1. The molecule has 0 amide bonds. The van der Waals surface area contributed by atoms with Crippen molar-refractivity contribution in [1.82, 2.24) is 10.6 Å². The van der Waals surface area contributed by atoms with Crippen LogP contribution in [0.2, 0.25) is 0 Å². The molecule has 0 aliphatic carbocycles. The predicted octanol–water partition coefficient (Wildman–Crippen LogP) is 2.28. The second-order valence-corrected chi connectivity index (χ2v) is 6.77. The van der Waals surface area contributed by atoms with E-state index >= 15 is 0 Å². The van der Waals surface area contributed by atoms with E-state index in [0.717, 1.165) is 0 Å². The zero-order valence-corrected chi connectivity index (χ0v) is 17.3. The summed E-state index contributed by atoms with van der Waals surface area (Å²) in [5, 5.41) is 15.2. The van der Waals surface area contributed by atoms with E-state index in [4.69, 9.17) is 31.5 Å². The minimum atomic E-state index is -1.11. The molecule has 0 bridgehead atoms. The molecule has 1 aromatic carbocycles. The van der Waals surface area contributed by atoms with E-state index < -0.39 is 24.6 Å². The Labute approximate surface area is 170 Å². The number of allylic oxidation sites excluding steroid dienone is 1. The van der Waals surface area contributed by atoms with Crippen molar-refractivity contribution in [2.24, 2.45) is 0 Å². The number of hydrogen-bond donors (Lipinski definition) is 3. The fourth-order valence-corrected chi connectivity index (χ4v) is 3.46. The van der Waals surface area contributed by atoms with Crippen molar-refractivity contribution < 1.29 is 28.9 Å². The molecular weight excluding hydrogens is 440 g/mol. The number of carbonyl (C=O) groups excluding carboxylic acids is 1. The molecule has 0 fully saturated rings. The Morgan fingerprint density at radius 3 is 2.63 bits per heavy atom. The first kappa shape index (κ1) is 21.0. The van der Waals surface area contributed by atoms with Crippen molar-refractivity contribution >= 4 is 45.2 Å². The van der Waals surface area contributed by atoms with Gasteiger partial charge in [-0.3, -0.25) is 0 Å². The summed E-state index contributed by atoms with van der Waals surface area (Å²) >= 11 is 8.59. The number of benzene rings is 1. The lowest BCUT2D eigenvalue weighted by Gasteiger charge is -2.30. The Bertz CT molecular complexity index is 811. The number of thiocarbonyl (C=S) groups is 1. The fraction of sp³-hybridized carbons (Fsp3) is 0.353. The van der Waals surface area contributed by atoms with Gasteiger partial charge in [0.1, 0.15) is 0 Å². The number of nitrogens with one attached hydrogen (secondary N) is 2. The zero-order chi connectivity index (χ0) is 20.1. The van der Waals surface area contributed by atoms with E-state index in [2.05, 4.69) is 26.6 Å². The topological polar surface area (TPSA) is 106 Å². The SMILES string of the molecule is CCOc1cc(C2NC(=S)NC(C)=C2C(=O)OC)cc(Br)c1OCC(=O)O. The summed E-state index contributed by atoms with van der Waals surface area (Å²) in [6.07, 6.45) is 0. The first-order valence-electron chi connectivity index (χ1n) is 7.95. The lowest BCUT2D eigenvalue weighted by Crippen LogP contribution is -2.45. The molecule has 0 saturated heterocycles. The van der Waals surface area contributed by atoms with Gasteiger partial charge in [-0.2, -0.15) is 0 Å². The predicted molar refractivity (Wildman–Crippen MR) is 105 cm³/mol. The van der Waals surface area contributed by atoms with Crippen LogP contribution in [0.3, 0.4) is 0 Å². The normalized spacial score (nSPS) is 16.3. The van der Waals surface area contributed by atoms with Gasteiger partial charge in [0.2, 0.25) is 0 Å². The van der Waals surface area contributed by atoms with Gasteiger partial charge in [-0.1, -0.05) is 0 Å². The fourth-order valence-electron chi connectivity index (χ4n) is 2.62. The maximum atomic E-state index is 12.3. The molecule has 10 heteroatoms. The van der Waals surface area contributed by atoms with Crippen LogP contribution in [0.25, 0.3) is 0 Å². The lowest BCUT2D eigenvalue weighted by atomic mass is 9.95. The minimum absolute atomic E-state index is 0.264. The number of carboxylic acids is 1. The molecule has 0 saturated carbocycles. The van der Waals surface area contributed by atoms with Crippen LogP contribution in [0.1, 0.15) is 25.5 Å². The van der Waals surface area contributed by atoms with Crippen LogP contribution in [-0.4, -0.2) is 42.5 Å². The summed E-state index contributed by atoms with van der Waals surface area (Å²) in [6, 6.07) is 2.81. The van der Waals surface area contributed by atoms with E-state index in [0.29, 0.717) is 38.8 Å². The van der Waals surface area contributed by atoms with E-state index in [9.17, 15) is 9.59 Å². The van der Waals surface area contributed by atoms with Gasteiger partial charge in [0.15, 0.2) is 23.2 Å². The summed E-state index contributed by atoms with van der Waals surface area (Å²) < 4.78 is 16.3. The molecule has 27 heavy (non-hydrogen) atoms. The number of carbonyl (C=O) groups is 2. The lowest BCUT2D eigenvalue weighted by molar-refractivity contribution is -0.139. The van der Waals surface area contributed by atoms with E-state index in [-0.39, 0.29) is 5.75 Å². The summed E-state index contributed by atoms with van der Waals surface area (Å²) in [7, 11) is 1.30. The van der Waals surface area contributed by atoms with Gasteiger partial charge in [0.25, 0.3) is 0 Å². The van der Waals surface area contributed by atoms with Crippen molar-refractivity contribution in [2.75, 3.05) is 20.3 Å². The minimum Gasteiger partial charge on any atom is -0.490 e. The van der Waals surface area contributed by atoms with E-state index in [1.54, 1.807) is 26.0 Å². The molecule has 1 aromatic rings. The molecule has 1 atom stereocenters. The smallest absolute Gasteiger partial charge is 0.341 e. The van der Waals surface area contributed by atoms with Crippen LogP contribution in [-0.2, 0) is 14.3 Å². The Kier molecular flexibility index (Phi) is 7.03. The highest BCUT2D eigenvalue weighted by Gasteiger charge is 2.31. The van der Waals surface area contributed by atoms with Gasteiger partial charge in [-0.15, -0.1) is 0 Å². The van der Waals surface area contributed by atoms with Gasteiger partial charge in [0, 0.05) is 5.70 Å². The number of halogens is 1. The highest BCUT2D eigenvalue weighted by molar-refractivity contribution is 9.10. The molecule has 0 radical (unpaired) electrons.